The van der Waals surface area contributed by atoms with E-state index in [0.717, 1.165) is 0 Å². The lowest BCUT2D eigenvalue weighted by atomic mass is 10.0. The Morgan fingerprint density at radius 1 is 1.35 bits per heavy atom. The fourth-order valence-corrected chi connectivity index (χ4v) is 1.75. The summed E-state index contributed by atoms with van der Waals surface area (Å²) in [5.74, 6) is 0. The number of nitrogens with one attached hydrogen (secondary N) is 3. The molecule has 0 saturated carbocycles. The lowest BCUT2D eigenvalue weighted by Crippen LogP contribution is -2.56. The van der Waals surface area contributed by atoms with Gasteiger partial charge in [-0.1, -0.05) is 0 Å². The van der Waals surface area contributed by atoms with Crippen LogP contribution in [0.5, 0.6) is 0 Å². The Bertz CT molecular complexity index is 260. The van der Waals surface area contributed by atoms with Gasteiger partial charge in [0.15, 0.2) is 0 Å². The van der Waals surface area contributed by atoms with Crippen LogP contribution in [0.15, 0.2) is 0 Å². The standard InChI is InChI=1S/C10H18F3N3O/c1-6(2)15-9(17)16-7-3-4-8(14-5-7)10(11,12)13/h6-8,14H,3-5H2,1-2H3,(H2,15,16,17). The number of piperidine rings is 1. The van der Waals surface area contributed by atoms with E-state index >= 15 is 0 Å². The van der Waals surface area contributed by atoms with Crippen molar-refractivity contribution in [3.63, 3.8) is 0 Å². The van der Waals surface area contributed by atoms with E-state index < -0.39 is 12.2 Å². The minimum absolute atomic E-state index is 0.00384. The highest BCUT2D eigenvalue weighted by Crippen LogP contribution is 2.25. The van der Waals surface area contributed by atoms with Crippen molar-refractivity contribution in [2.75, 3.05) is 6.54 Å². The summed E-state index contributed by atoms with van der Waals surface area (Å²) < 4.78 is 37.0. The van der Waals surface area contributed by atoms with Gasteiger partial charge in [-0.3, -0.25) is 0 Å². The van der Waals surface area contributed by atoms with E-state index in [1.54, 1.807) is 0 Å². The molecule has 0 aromatic carbocycles. The van der Waals surface area contributed by atoms with Crippen LogP contribution in [0.4, 0.5) is 18.0 Å². The van der Waals surface area contributed by atoms with Gasteiger partial charge in [-0.15, -0.1) is 0 Å². The first-order valence-electron chi connectivity index (χ1n) is 5.66. The maximum absolute atomic E-state index is 12.3. The van der Waals surface area contributed by atoms with Crippen LogP contribution in [0.3, 0.4) is 0 Å². The Balaban J connectivity index is 2.30. The average Bonchev–Trinajstić information content (AvgIpc) is 2.15. The van der Waals surface area contributed by atoms with Crippen molar-refractivity contribution in [3.8, 4) is 0 Å². The zero-order valence-corrected chi connectivity index (χ0v) is 9.90. The fraction of sp³-hybridized carbons (Fsp3) is 0.900. The van der Waals surface area contributed by atoms with Gasteiger partial charge in [-0.05, 0) is 26.7 Å². The third-order valence-corrected chi connectivity index (χ3v) is 2.56. The highest BCUT2D eigenvalue weighted by molar-refractivity contribution is 5.74. The predicted molar refractivity (Wildman–Crippen MR) is 57.7 cm³/mol. The molecule has 2 amide bonds. The topological polar surface area (TPSA) is 53.2 Å². The number of halogens is 3. The zero-order valence-electron chi connectivity index (χ0n) is 9.90. The molecule has 1 heterocycles. The summed E-state index contributed by atoms with van der Waals surface area (Å²) in [4.78, 5) is 11.3. The van der Waals surface area contributed by atoms with E-state index in [-0.39, 0.29) is 31.1 Å². The second kappa shape index (κ2) is 5.57. The van der Waals surface area contributed by atoms with Gasteiger partial charge >= 0.3 is 12.2 Å². The number of carbonyl (C=O) groups is 1. The van der Waals surface area contributed by atoms with Crippen LogP contribution in [-0.2, 0) is 0 Å². The highest BCUT2D eigenvalue weighted by Gasteiger charge is 2.41. The largest absolute Gasteiger partial charge is 0.403 e. The molecule has 2 unspecified atom stereocenters. The average molecular weight is 253 g/mol. The molecule has 7 heteroatoms. The third-order valence-electron chi connectivity index (χ3n) is 2.56. The Morgan fingerprint density at radius 3 is 2.41 bits per heavy atom. The van der Waals surface area contributed by atoms with Crippen molar-refractivity contribution in [2.24, 2.45) is 0 Å². The van der Waals surface area contributed by atoms with Gasteiger partial charge in [0, 0.05) is 18.6 Å². The SMILES string of the molecule is CC(C)NC(=O)NC1CCC(C(F)(F)F)NC1. The number of hydrogen-bond acceptors (Lipinski definition) is 2. The summed E-state index contributed by atoms with van der Waals surface area (Å²) in [6, 6.07) is -2.02. The summed E-state index contributed by atoms with van der Waals surface area (Å²) in [6.07, 6.45) is -3.87. The van der Waals surface area contributed by atoms with Gasteiger partial charge in [0.05, 0.1) is 0 Å². The molecule has 100 valence electrons. The Morgan fingerprint density at radius 2 is 2.00 bits per heavy atom. The van der Waals surface area contributed by atoms with Crippen molar-refractivity contribution in [1.82, 2.24) is 16.0 Å². The molecule has 4 nitrogen and oxygen atoms in total. The van der Waals surface area contributed by atoms with Crippen molar-refractivity contribution < 1.29 is 18.0 Å². The molecule has 0 spiro atoms. The molecule has 1 aliphatic heterocycles. The van der Waals surface area contributed by atoms with Gasteiger partial charge < -0.3 is 16.0 Å². The zero-order chi connectivity index (χ0) is 13.1. The predicted octanol–water partition coefficient (Wildman–Crippen LogP) is 1.38. The summed E-state index contributed by atoms with van der Waals surface area (Å²) in [7, 11) is 0. The first-order chi connectivity index (χ1) is 7.79. The van der Waals surface area contributed by atoms with Gasteiger partial charge in [0.1, 0.15) is 6.04 Å². The van der Waals surface area contributed by atoms with E-state index in [9.17, 15) is 18.0 Å². The van der Waals surface area contributed by atoms with Crippen LogP contribution in [-0.4, -0.2) is 36.9 Å². The molecule has 0 aromatic heterocycles. The smallest absolute Gasteiger partial charge is 0.336 e. The van der Waals surface area contributed by atoms with Crippen LogP contribution in [0.25, 0.3) is 0 Å². The molecule has 17 heavy (non-hydrogen) atoms. The second-order valence-electron chi connectivity index (χ2n) is 4.55. The summed E-state index contributed by atoms with van der Waals surface area (Å²) in [5.41, 5.74) is 0. The summed E-state index contributed by atoms with van der Waals surface area (Å²) in [5, 5.41) is 7.67. The molecule has 0 aliphatic carbocycles. The molecule has 0 aromatic rings. The monoisotopic (exact) mass is 253 g/mol. The lowest BCUT2D eigenvalue weighted by molar-refractivity contribution is -0.160. The molecule has 0 radical (unpaired) electrons. The summed E-state index contributed by atoms with van der Waals surface area (Å²) >= 11 is 0. The fourth-order valence-electron chi connectivity index (χ4n) is 1.75. The Hall–Kier alpha value is -0.980. The van der Waals surface area contributed by atoms with Crippen molar-refractivity contribution in [1.29, 1.82) is 0 Å². The molecule has 0 bridgehead atoms. The quantitative estimate of drug-likeness (QED) is 0.696. The van der Waals surface area contributed by atoms with Gasteiger partial charge in [-0.25, -0.2) is 4.79 Å². The molecular weight excluding hydrogens is 235 g/mol. The number of alkyl halides is 3. The van der Waals surface area contributed by atoms with Crippen LogP contribution >= 0.6 is 0 Å². The van der Waals surface area contributed by atoms with Crippen molar-refractivity contribution >= 4 is 6.03 Å². The highest BCUT2D eigenvalue weighted by atomic mass is 19.4. The number of carbonyl (C=O) groups excluding carboxylic acids is 1. The number of urea groups is 1. The van der Waals surface area contributed by atoms with E-state index in [0.29, 0.717) is 6.42 Å². The van der Waals surface area contributed by atoms with Crippen molar-refractivity contribution in [2.45, 2.75) is 51.0 Å². The maximum atomic E-state index is 12.3. The molecule has 1 rings (SSSR count). The number of hydrogen-bond donors (Lipinski definition) is 3. The van der Waals surface area contributed by atoms with E-state index in [2.05, 4.69) is 16.0 Å². The van der Waals surface area contributed by atoms with E-state index in [1.165, 1.54) is 0 Å². The molecule has 2 atom stereocenters. The minimum atomic E-state index is -4.20. The van der Waals surface area contributed by atoms with Crippen LogP contribution in [0.1, 0.15) is 26.7 Å². The normalized spacial score (nSPS) is 25.8. The minimum Gasteiger partial charge on any atom is -0.336 e. The lowest BCUT2D eigenvalue weighted by Gasteiger charge is -2.31. The maximum Gasteiger partial charge on any atom is 0.403 e. The van der Waals surface area contributed by atoms with E-state index in [1.807, 2.05) is 13.8 Å². The molecule has 1 fully saturated rings. The molecular formula is C10H18F3N3O. The van der Waals surface area contributed by atoms with Crippen molar-refractivity contribution in [3.05, 3.63) is 0 Å². The van der Waals surface area contributed by atoms with Gasteiger partial charge in [-0.2, -0.15) is 13.2 Å². The van der Waals surface area contributed by atoms with Gasteiger partial charge in [0.25, 0.3) is 0 Å². The second-order valence-corrected chi connectivity index (χ2v) is 4.55. The molecule has 3 N–H and O–H groups in total. The number of amides is 2. The molecule has 1 aliphatic rings. The Kier molecular flexibility index (Phi) is 4.62. The summed E-state index contributed by atoms with van der Waals surface area (Å²) in [6.45, 7) is 3.78. The first-order valence-corrected chi connectivity index (χ1v) is 5.66. The van der Waals surface area contributed by atoms with Crippen LogP contribution in [0.2, 0.25) is 0 Å². The van der Waals surface area contributed by atoms with Crippen LogP contribution < -0.4 is 16.0 Å². The Labute approximate surface area is 98.3 Å². The third kappa shape index (κ3) is 4.80. The van der Waals surface area contributed by atoms with Gasteiger partial charge in [0.2, 0.25) is 0 Å². The number of rotatable bonds is 2. The molecule has 1 saturated heterocycles. The van der Waals surface area contributed by atoms with E-state index in [4.69, 9.17) is 0 Å². The first kappa shape index (κ1) is 14.1. The van der Waals surface area contributed by atoms with Crippen LogP contribution in [0, 0.1) is 0 Å².